The highest BCUT2D eigenvalue weighted by atomic mass is 16.4. The summed E-state index contributed by atoms with van der Waals surface area (Å²) >= 11 is 0. The van der Waals surface area contributed by atoms with Crippen molar-refractivity contribution in [3.8, 4) is 5.75 Å². The van der Waals surface area contributed by atoms with Crippen molar-refractivity contribution >= 4 is 17.0 Å². The van der Waals surface area contributed by atoms with E-state index in [2.05, 4.69) is 10.1 Å². The maximum Gasteiger partial charge on any atom is 0.116 e. The lowest BCUT2D eigenvalue weighted by molar-refractivity contribution is 0.321. The van der Waals surface area contributed by atoms with E-state index in [4.69, 9.17) is 5.21 Å². The van der Waals surface area contributed by atoms with Crippen LogP contribution in [0.25, 0.3) is 10.8 Å². The molecule has 0 amide bonds. The predicted molar refractivity (Wildman–Crippen MR) is 52.8 cm³/mol. The lowest BCUT2D eigenvalue weighted by Gasteiger charge is -2.00. The third-order valence-corrected chi connectivity index (χ3v) is 1.96. The number of aromatic nitrogens is 1. The second-order valence-corrected chi connectivity index (χ2v) is 2.85. The Morgan fingerprint density at radius 2 is 2.14 bits per heavy atom. The highest BCUT2D eigenvalue weighted by Crippen LogP contribution is 2.20. The summed E-state index contributed by atoms with van der Waals surface area (Å²) in [7, 11) is 0. The molecule has 2 aromatic rings. The molecule has 0 saturated carbocycles. The van der Waals surface area contributed by atoms with Gasteiger partial charge in [-0.1, -0.05) is 5.16 Å². The van der Waals surface area contributed by atoms with Crippen LogP contribution in [0.2, 0.25) is 0 Å². The largest absolute Gasteiger partial charge is 0.508 e. The number of aromatic hydroxyl groups is 1. The molecule has 4 heteroatoms. The Kier molecular flexibility index (Phi) is 2.02. The lowest BCUT2D eigenvalue weighted by Crippen LogP contribution is -1.88. The first-order valence-electron chi connectivity index (χ1n) is 4.06. The third-order valence-electron chi connectivity index (χ3n) is 1.96. The van der Waals surface area contributed by atoms with Crippen molar-refractivity contribution in [2.24, 2.45) is 5.16 Å². The SMILES string of the molecule is ON=Cc1nccc2cc(O)ccc12. The van der Waals surface area contributed by atoms with Gasteiger partial charge in [-0.15, -0.1) is 0 Å². The molecule has 70 valence electrons. The van der Waals surface area contributed by atoms with Gasteiger partial charge in [-0.25, -0.2) is 0 Å². The second-order valence-electron chi connectivity index (χ2n) is 2.85. The fourth-order valence-electron chi connectivity index (χ4n) is 1.35. The van der Waals surface area contributed by atoms with Gasteiger partial charge in [0.05, 0.1) is 11.9 Å². The highest BCUT2D eigenvalue weighted by Gasteiger charge is 2.00. The van der Waals surface area contributed by atoms with Gasteiger partial charge >= 0.3 is 0 Å². The van der Waals surface area contributed by atoms with Crippen LogP contribution < -0.4 is 0 Å². The third kappa shape index (κ3) is 1.37. The van der Waals surface area contributed by atoms with Crippen molar-refractivity contribution in [1.82, 2.24) is 4.98 Å². The minimum absolute atomic E-state index is 0.204. The summed E-state index contributed by atoms with van der Waals surface area (Å²) in [5, 5.41) is 22.3. The average Bonchev–Trinajstić information content (AvgIpc) is 2.18. The molecule has 1 heterocycles. The van der Waals surface area contributed by atoms with Crippen molar-refractivity contribution in [1.29, 1.82) is 0 Å². The molecule has 0 spiro atoms. The molecular formula is C10H8N2O2. The average molecular weight is 188 g/mol. The molecule has 4 nitrogen and oxygen atoms in total. The van der Waals surface area contributed by atoms with E-state index >= 15 is 0 Å². The molecule has 0 aliphatic heterocycles. The molecular weight excluding hydrogens is 180 g/mol. The summed E-state index contributed by atoms with van der Waals surface area (Å²) < 4.78 is 0. The molecule has 1 aromatic heterocycles. The van der Waals surface area contributed by atoms with Gasteiger partial charge in [0.1, 0.15) is 5.75 Å². The first-order chi connectivity index (χ1) is 6.81. The molecule has 0 fully saturated rings. The smallest absolute Gasteiger partial charge is 0.116 e. The minimum Gasteiger partial charge on any atom is -0.508 e. The van der Waals surface area contributed by atoms with Gasteiger partial charge in [-0.3, -0.25) is 4.98 Å². The lowest BCUT2D eigenvalue weighted by atomic mass is 10.1. The van der Waals surface area contributed by atoms with Gasteiger partial charge in [0.2, 0.25) is 0 Å². The number of fused-ring (bicyclic) bond motifs is 1. The second kappa shape index (κ2) is 3.33. The normalized spacial score (nSPS) is 11.1. The minimum atomic E-state index is 0.204. The predicted octanol–water partition coefficient (Wildman–Crippen LogP) is 1.75. The van der Waals surface area contributed by atoms with E-state index in [-0.39, 0.29) is 5.75 Å². The van der Waals surface area contributed by atoms with Crippen LogP contribution >= 0.6 is 0 Å². The number of rotatable bonds is 1. The van der Waals surface area contributed by atoms with Crippen molar-refractivity contribution in [3.05, 3.63) is 36.2 Å². The van der Waals surface area contributed by atoms with Crippen molar-refractivity contribution in [3.63, 3.8) is 0 Å². The van der Waals surface area contributed by atoms with Crippen LogP contribution in [0.1, 0.15) is 5.69 Å². The molecule has 14 heavy (non-hydrogen) atoms. The Morgan fingerprint density at radius 1 is 1.29 bits per heavy atom. The molecule has 2 N–H and O–H groups in total. The quantitative estimate of drug-likeness (QED) is 0.407. The zero-order valence-corrected chi connectivity index (χ0v) is 7.25. The first kappa shape index (κ1) is 8.50. The van der Waals surface area contributed by atoms with E-state index in [0.29, 0.717) is 5.69 Å². The van der Waals surface area contributed by atoms with E-state index in [9.17, 15) is 5.11 Å². The van der Waals surface area contributed by atoms with E-state index in [0.717, 1.165) is 10.8 Å². The van der Waals surface area contributed by atoms with Crippen LogP contribution in [-0.2, 0) is 0 Å². The van der Waals surface area contributed by atoms with Crippen LogP contribution in [-0.4, -0.2) is 21.5 Å². The van der Waals surface area contributed by atoms with Gasteiger partial charge in [-0.2, -0.15) is 0 Å². The molecule has 0 bridgehead atoms. The summed E-state index contributed by atoms with van der Waals surface area (Å²) in [5.41, 5.74) is 0.574. The van der Waals surface area contributed by atoms with Gasteiger partial charge in [0.15, 0.2) is 0 Å². The van der Waals surface area contributed by atoms with Gasteiger partial charge in [0, 0.05) is 11.6 Å². The molecule has 0 aliphatic rings. The number of phenols is 1. The van der Waals surface area contributed by atoms with Crippen molar-refractivity contribution in [2.45, 2.75) is 0 Å². The maximum atomic E-state index is 9.25. The summed E-state index contributed by atoms with van der Waals surface area (Å²) in [5.74, 6) is 0.204. The number of phenolic OH excluding ortho intramolecular Hbond substituents is 1. The monoisotopic (exact) mass is 188 g/mol. The van der Waals surface area contributed by atoms with Crippen LogP contribution in [0.4, 0.5) is 0 Å². The molecule has 0 radical (unpaired) electrons. The molecule has 0 aliphatic carbocycles. The van der Waals surface area contributed by atoms with Crippen LogP contribution in [0.5, 0.6) is 5.75 Å². The summed E-state index contributed by atoms with van der Waals surface area (Å²) in [6.45, 7) is 0. The zero-order chi connectivity index (χ0) is 9.97. The van der Waals surface area contributed by atoms with Crippen LogP contribution in [0.3, 0.4) is 0 Å². The topological polar surface area (TPSA) is 65.7 Å². The molecule has 2 rings (SSSR count). The Morgan fingerprint density at radius 3 is 2.93 bits per heavy atom. The van der Waals surface area contributed by atoms with Crippen LogP contribution in [0, 0.1) is 0 Å². The zero-order valence-electron chi connectivity index (χ0n) is 7.25. The van der Waals surface area contributed by atoms with Gasteiger partial charge < -0.3 is 10.3 Å². The summed E-state index contributed by atoms with van der Waals surface area (Å²) in [4.78, 5) is 4.04. The van der Waals surface area contributed by atoms with E-state index in [1.54, 1.807) is 30.5 Å². The van der Waals surface area contributed by atoms with E-state index in [1.165, 1.54) is 6.21 Å². The maximum absolute atomic E-state index is 9.25. The summed E-state index contributed by atoms with van der Waals surface area (Å²) in [6, 6.07) is 6.71. The van der Waals surface area contributed by atoms with Crippen LogP contribution in [0.15, 0.2) is 35.6 Å². The Hall–Kier alpha value is -2.10. The van der Waals surface area contributed by atoms with Crippen molar-refractivity contribution < 1.29 is 10.3 Å². The Labute approximate surface area is 80.1 Å². The number of pyridine rings is 1. The van der Waals surface area contributed by atoms with E-state index < -0.39 is 0 Å². The van der Waals surface area contributed by atoms with Crippen molar-refractivity contribution in [2.75, 3.05) is 0 Å². The fraction of sp³-hybridized carbons (Fsp3) is 0. The first-order valence-corrected chi connectivity index (χ1v) is 4.06. The highest BCUT2D eigenvalue weighted by molar-refractivity contribution is 5.97. The number of nitrogens with zero attached hydrogens (tertiary/aromatic N) is 2. The molecule has 0 unspecified atom stereocenters. The van der Waals surface area contributed by atoms with Gasteiger partial charge in [-0.05, 0) is 29.7 Å². The summed E-state index contributed by atoms with van der Waals surface area (Å²) in [6.07, 6.45) is 2.86. The molecule has 0 saturated heterocycles. The number of hydrogen-bond acceptors (Lipinski definition) is 4. The van der Waals surface area contributed by atoms with E-state index in [1.807, 2.05) is 0 Å². The Balaban J connectivity index is 2.74. The molecule has 1 aromatic carbocycles. The van der Waals surface area contributed by atoms with Gasteiger partial charge in [0.25, 0.3) is 0 Å². The molecule has 0 atom stereocenters. The Bertz CT molecular complexity index is 494. The standard InChI is InChI=1S/C10H8N2O2/c13-8-1-2-9-7(5-8)3-4-11-10(9)6-12-14/h1-6,13-14H. The fourth-order valence-corrected chi connectivity index (χ4v) is 1.35. The number of oxime groups is 1. The number of benzene rings is 1. The number of hydrogen-bond donors (Lipinski definition) is 2.